The van der Waals surface area contributed by atoms with Gasteiger partial charge in [0.05, 0.1) is 6.54 Å². The van der Waals surface area contributed by atoms with Gasteiger partial charge in [0.25, 0.3) is 0 Å². The molecule has 2 N–H and O–H groups in total. The van der Waals surface area contributed by atoms with Crippen molar-refractivity contribution in [2.75, 3.05) is 26.2 Å². The van der Waals surface area contributed by atoms with Gasteiger partial charge in [-0.25, -0.2) is 14.6 Å². The number of benzene rings is 1. The third-order valence-corrected chi connectivity index (χ3v) is 6.91. The first-order valence-electron chi connectivity index (χ1n) is 11.0. The molecule has 2 aliphatic rings. The Kier molecular flexibility index (Phi) is 6.76. The van der Waals surface area contributed by atoms with Gasteiger partial charge in [0, 0.05) is 47.2 Å². The van der Waals surface area contributed by atoms with Crippen molar-refractivity contribution >= 4 is 34.6 Å². The van der Waals surface area contributed by atoms with Crippen LogP contribution in [0.2, 0.25) is 5.02 Å². The number of amides is 2. The van der Waals surface area contributed by atoms with Gasteiger partial charge in [-0.3, -0.25) is 0 Å². The SMILES string of the molecule is O=C=NCC1CCCC(CNC(=O)N2CCC(c3cc4cc(Cl)ccc4[nH]3)CC2)C1. The highest BCUT2D eigenvalue weighted by Gasteiger charge is 2.26. The smallest absolute Gasteiger partial charge is 0.317 e. The number of aliphatic imine (C=N–C) groups is 1. The number of piperidine rings is 1. The Hall–Kier alpha value is -2.30. The number of nitrogens with one attached hydrogen (secondary N) is 2. The number of nitrogens with zero attached hydrogens (tertiary/aromatic N) is 2. The molecule has 1 aromatic carbocycles. The Bertz CT molecular complexity index is 928. The summed E-state index contributed by atoms with van der Waals surface area (Å²) in [5.41, 5.74) is 2.35. The number of halogens is 1. The van der Waals surface area contributed by atoms with Crippen LogP contribution in [0.25, 0.3) is 10.9 Å². The van der Waals surface area contributed by atoms with E-state index in [9.17, 15) is 9.59 Å². The maximum Gasteiger partial charge on any atom is 0.317 e. The lowest BCUT2D eigenvalue weighted by atomic mass is 9.81. The molecule has 160 valence electrons. The molecule has 1 saturated heterocycles. The van der Waals surface area contributed by atoms with E-state index in [1.807, 2.05) is 23.1 Å². The molecule has 2 aromatic rings. The highest BCUT2D eigenvalue weighted by molar-refractivity contribution is 6.31. The maximum atomic E-state index is 12.6. The summed E-state index contributed by atoms with van der Waals surface area (Å²) in [4.78, 5) is 32.2. The van der Waals surface area contributed by atoms with E-state index in [0.29, 0.717) is 30.8 Å². The molecule has 2 amide bonds. The Labute approximate surface area is 182 Å². The third kappa shape index (κ3) is 5.05. The van der Waals surface area contributed by atoms with E-state index in [0.717, 1.165) is 67.5 Å². The number of isocyanates is 1. The largest absolute Gasteiger partial charge is 0.358 e. The summed E-state index contributed by atoms with van der Waals surface area (Å²) >= 11 is 6.10. The molecule has 6 nitrogen and oxygen atoms in total. The number of fused-ring (bicyclic) bond motifs is 1. The van der Waals surface area contributed by atoms with Gasteiger partial charge in [0.15, 0.2) is 0 Å². The highest BCUT2D eigenvalue weighted by atomic mass is 35.5. The van der Waals surface area contributed by atoms with Crippen LogP contribution in [-0.4, -0.2) is 48.2 Å². The van der Waals surface area contributed by atoms with Gasteiger partial charge in [-0.15, -0.1) is 0 Å². The van der Waals surface area contributed by atoms with Crippen LogP contribution in [0.4, 0.5) is 4.79 Å². The summed E-state index contributed by atoms with van der Waals surface area (Å²) < 4.78 is 0. The second-order valence-electron chi connectivity index (χ2n) is 8.73. The maximum absolute atomic E-state index is 12.6. The molecule has 0 spiro atoms. The molecule has 2 unspecified atom stereocenters. The zero-order valence-electron chi connectivity index (χ0n) is 17.2. The van der Waals surface area contributed by atoms with Crippen molar-refractivity contribution in [3.05, 3.63) is 35.0 Å². The second-order valence-corrected chi connectivity index (χ2v) is 9.17. The van der Waals surface area contributed by atoms with Gasteiger partial charge in [-0.05, 0) is 68.2 Å². The van der Waals surface area contributed by atoms with E-state index >= 15 is 0 Å². The number of carbonyl (C=O) groups excluding carboxylic acids is 2. The lowest BCUT2D eigenvalue weighted by Gasteiger charge is -2.33. The molecule has 2 fully saturated rings. The quantitative estimate of drug-likeness (QED) is 0.527. The number of likely N-dealkylation sites (tertiary alicyclic amines) is 1. The standard InChI is InChI=1S/C23H29ClN4O2/c24-20-4-5-21-19(11-20)12-22(27-21)18-6-8-28(9-7-18)23(30)26-14-17-3-1-2-16(10-17)13-25-15-29/h4-5,11-12,16-18,27H,1-3,6-10,13-14H2,(H,26,30). The van der Waals surface area contributed by atoms with Crippen LogP contribution in [-0.2, 0) is 4.79 Å². The van der Waals surface area contributed by atoms with Gasteiger partial charge in [-0.1, -0.05) is 18.0 Å². The minimum absolute atomic E-state index is 0.0462. The molecule has 1 saturated carbocycles. The van der Waals surface area contributed by atoms with Crippen LogP contribution in [0.5, 0.6) is 0 Å². The summed E-state index contributed by atoms with van der Waals surface area (Å²) in [6.45, 7) is 2.83. The number of urea groups is 1. The molecule has 0 radical (unpaired) electrons. The van der Waals surface area contributed by atoms with Gasteiger partial charge < -0.3 is 15.2 Å². The number of hydrogen-bond acceptors (Lipinski definition) is 3. The number of H-pyrrole nitrogens is 1. The normalized spacial score (nSPS) is 22.6. The lowest BCUT2D eigenvalue weighted by molar-refractivity contribution is 0.176. The van der Waals surface area contributed by atoms with Gasteiger partial charge >= 0.3 is 6.03 Å². The molecule has 0 bridgehead atoms. The number of aromatic nitrogens is 1. The van der Waals surface area contributed by atoms with E-state index in [1.165, 1.54) is 5.69 Å². The molecule has 30 heavy (non-hydrogen) atoms. The van der Waals surface area contributed by atoms with Crippen LogP contribution in [0.3, 0.4) is 0 Å². The first-order chi connectivity index (χ1) is 14.6. The molecule has 2 heterocycles. The predicted octanol–water partition coefficient (Wildman–Crippen LogP) is 4.85. The molecule has 7 heteroatoms. The van der Waals surface area contributed by atoms with E-state index in [2.05, 4.69) is 21.4 Å². The number of rotatable bonds is 5. The van der Waals surface area contributed by atoms with Crippen molar-refractivity contribution < 1.29 is 9.59 Å². The Morgan fingerprint density at radius 1 is 1.20 bits per heavy atom. The van der Waals surface area contributed by atoms with Gasteiger partial charge in [0.2, 0.25) is 6.08 Å². The van der Waals surface area contributed by atoms with Crippen molar-refractivity contribution in [1.29, 1.82) is 0 Å². The Morgan fingerprint density at radius 3 is 2.80 bits per heavy atom. The molecular formula is C23H29ClN4O2. The minimum Gasteiger partial charge on any atom is -0.358 e. The average Bonchev–Trinajstić information content (AvgIpc) is 3.19. The summed E-state index contributed by atoms with van der Waals surface area (Å²) in [7, 11) is 0. The predicted molar refractivity (Wildman–Crippen MR) is 119 cm³/mol. The van der Waals surface area contributed by atoms with E-state index in [1.54, 1.807) is 6.08 Å². The molecule has 4 rings (SSSR count). The van der Waals surface area contributed by atoms with Crippen molar-refractivity contribution in [3.8, 4) is 0 Å². The van der Waals surface area contributed by atoms with Gasteiger partial charge in [-0.2, -0.15) is 0 Å². The molecule has 1 aliphatic heterocycles. The number of aromatic amines is 1. The summed E-state index contributed by atoms with van der Waals surface area (Å²) in [6.07, 6.45) is 7.97. The van der Waals surface area contributed by atoms with E-state index in [4.69, 9.17) is 11.6 Å². The zero-order chi connectivity index (χ0) is 20.9. The zero-order valence-corrected chi connectivity index (χ0v) is 18.0. The average molecular weight is 429 g/mol. The third-order valence-electron chi connectivity index (χ3n) is 6.67. The molecule has 1 aliphatic carbocycles. The first kappa shape index (κ1) is 21.0. The van der Waals surface area contributed by atoms with E-state index < -0.39 is 0 Å². The highest BCUT2D eigenvalue weighted by Crippen LogP contribution is 2.31. The fourth-order valence-electron chi connectivity index (χ4n) is 5.00. The van der Waals surface area contributed by atoms with Crippen molar-refractivity contribution in [3.63, 3.8) is 0 Å². The fourth-order valence-corrected chi connectivity index (χ4v) is 5.18. The number of hydrogen-bond donors (Lipinski definition) is 2. The molecule has 1 aromatic heterocycles. The van der Waals surface area contributed by atoms with Crippen molar-refractivity contribution in [1.82, 2.24) is 15.2 Å². The first-order valence-corrected chi connectivity index (χ1v) is 11.3. The minimum atomic E-state index is 0.0462. The van der Waals surface area contributed by atoms with Crippen LogP contribution < -0.4 is 5.32 Å². The summed E-state index contributed by atoms with van der Waals surface area (Å²) in [5, 5.41) is 5.03. The van der Waals surface area contributed by atoms with Crippen LogP contribution in [0, 0.1) is 11.8 Å². The Balaban J connectivity index is 1.24. The topological polar surface area (TPSA) is 77.6 Å². The van der Waals surface area contributed by atoms with Gasteiger partial charge in [0.1, 0.15) is 0 Å². The summed E-state index contributed by atoms with van der Waals surface area (Å²) in [6, 6.07) is 8.15. The number of carbonyl (C=O) groups is 1. The van der Waals surface area contributed by atoms with Crippen LogP contribution >= 0.6 is 11.6 Å². The van der Waals surface area contributed by atoms with Crippen LogP contribution in [0.1, 0.15) is 50.1 Å². The second kappa shape index (κ2) is 9.67. The van der Waals surface area contributed by atoms with Crippen molar-refractivity contribution in [2.24, 2.45) is 16.8 Å². The fraction of sp³-hybridized carbons (Fsp3) is 0.565. The summed E-state index contributed by atoms with van der Waals surface area (Å²) in [5.74, 6) is 1.37. The molecular weight excluding hydrogens is 400 g/mol. The Morgan fingerprint density at radius 2 is 2.00 bits per heavy atom. The van der Waals surface area contributed by atoms with E-state index in [-0.39, 0.29) is 6.03 Å². The lowest BCUT2D eigenvalue weighted by Crippen LogP contribution is -2.45. The monoisotopic (exact) mass is 428 g/mol. The van der Waals surface area contributed by atoms with Crippen LogP contribution in [0.15, 0.2) is 29.3 Å². The molecule has 2 atom stereocenters. The van der Waals surface area contributed by atoms with Crippen molar-refractivity contribution in [2.45, 2.75) is 44.4 Å².